The number of hydrogen-bond donors (Lipinski definition) is 1. The minimum absolute atomic E-state index is 0.0432. The number of morpholine rings is 1. The molecule has 0 aromatic carbocycles. The van der Waals surface area contributed by atoms with Crippen molar-refractivity contribution in [3.8, 4) is 6.07 Å². The van der Waals surface area contributed by atoms with Crippen LogP contribution in [0.25, 0.3) is 0 Å². The average molecular weight is 321 g/mol. The summed E-state index contributed by atoms with van der Waals surface area (Å²) in [6.45, 7) is 7.03. The van der Waals surface area contributed by atoms with Crippen LogP contribution in [0, 0.1) is 11.3 Å². The second-order valence-corrected chi connectivity index (χ2v) is 5.98. The maximum Gasteiger partial charge on any atom is 0.332 e. The molecule has 23 heavy (non-hydrogen) atoms. The highest BCUT2D eigenvalue weighted by Crippen LogP contribution is 2.11. The topological polar surface area (TPSA) is 92.3 Å². The molecule has 1 aliphatic heterocycles. The average Bonchev–Trinajstić information content (AvgIpc) is 2.49. The van der Waals surface area contributed by atoms with Crippen molar-refractivity contribution in [2.75, 3.05) is 31.5 Å². The molecular formula is C15H23N5O3. The summed E-state index contributed by atoms with van der Waals surface area (Å²) >= 11 is 0. The Morgan fingerprint density at radius 2 is 1.83 bits per heavy atom. The van der Waals surface area contributed by atoms with E-state index >= 15 is 0 Å². The molecule has 1 N–H and O–H groups in total. The molecule has 2 rings (SSSR count). The van der Waals surface area contributed by atoms with Crippen molar-refractivity contribution in [3.63, 3.8) is 0 Å². The Kier molecular flexibility index (Phi) is 5.23. The third-order valence-corrected chi connectivity index (χ3v) is 3.99. The van der Waals surface area contributed by atoms with E-state index in [9.17, 15) is 14.9 Å². The van der Waals surface area contributed by atoms with E-state index in [1.54, 1.807) is 7.05 Å². The van der Waals surface area contributed by atoms with Crippen LogP contribution in [0.3, 0.4) is 0 Å². The molecule has 0 saturated carbocycles. The summed E-state index contributed by atoms with van der Waals surface area (Å²) in [5, 5.41) is 12.3. The van der Waals surface area contributed by atoms with Crippen molar-refractivity contribution in [1.82, 2.24) is 14.0 Å². The molecule has 1 fully saturated rings. The molecule has 0 bridgehead atoms. The largest absolute Gasteiger partial charge is 0.373 e. The van der Waals surface area contributed by atoms with Gasteiger partial charge in [0.15, 0.2) is 5.56 Å². The number of ether oxygens (including phenoxy) is 1. The zero-order chi connectivity index (χ0) is 17.1. The van der Waals surface area contributed by atoms with Gasteiger partial charge in [0.25, 0.3) is 5.56 Å². The zero-order valence-electron chi connectivity index (χ0n) is 14.0. The SMILES string of the molecule is C[C@@H]1CN(CCNc2c(C#N)c(=O)n(C)c(=O)n2C)C[C@@H](C)O1. The molecule has 2 atom stereocenters. The lowest BCUT2D eigenvalue weighted by molar-refractivity contribution is -0.0667. The first kappa shape index (κ1) is 17.2. The molecule has 1 saturated heterocycles. The maximum absolute atomic E-state index is 12.0. The van der Waals surface area contributed by atoms with Gasteiger partial charge in [0.05, 0.1) is 12.2 Å². The van der Waals surface area contributed by atoms with Crippen LogP contribution < -0.4 is 16.6 Å². The molecule has 0 spiro atoms. The van der Waals surface area contributed by atoms with Gasteiger partial charge < -0.3 is 10.1 Å². The number of nitriles is 1. The Morgan fingerprint density at radius 3 is 2.39 bits per heavy atom. The van der Waals surface area contributed by atoms with Crippen LogP contribution in [-0.4, -0.2) is 52.4 Å². The molecule has 8 heteroatoms. The summed E-state index contributed by atoms with van der Waals surface area (Å²) in [6.07, 6.45) is 0.364. The van der Waals surface area contributed by atoms with Gasteiger partial charge in [-0.15, -0.1) is 0 Å². The van der Waals surface area contributed by atoms with E-state index < -0.39 is 11.2 Å². The fourth-order valence-electron chi connectivity index (χ4n) is 2.95. The van der Waals surface area contributed by atoms with Crippen molar-refractivity contribution in [2.45, 2.75) is 26.1 Å². The van der Waals surface area contributed by atoms with Gasteiger partial charge in [-0.2, -0.15) is 5.26 Å². The number of aromatic nitrogens is 2. The van der Waals surface area contributed by atoms with Crippen LogP contribution in [0.5, 0.6) is 0 Å². The second-order valence-electron chi connectivity index (χ2n) is 5.98. The monoisotopic (exact) mass is 321 g/mol. The van der Waals surface area contributed by atoms with E-state index in [2.05, 4.69) is 10.2 Å². The quantitative estimate of drug-likeness (QED) is 0.802. The predicted molar refractivity (Wildman–Crippen MR) is 86.6 cm³/mol. The Labute approximate surface area is 134 Å². The molecule has 126 valence electrons. The third-order valence-electron chi connectivity index (χ3n) is 3.99. The molecule has 1 aromatic rings. The highest BCUT2D eigenvalue weighted by Gasteiger charge is 2.22. The molecule has 1 aromatic heterocycles. The van der Waals surface area contributed by atoms with Gasteiger partial charge in [0.2, 0.25) is 0 Å². The lowest BCUT2D eigenvalue weighted by atomic mass is 10.2. The zero-order valence-corrected chi connectivity index (χ0v) is 14.0. The van der Waals surface area contributed by atoms with Gasteiger partial charge >= 0.3 is 5.69 Å². The smallest absolute Gasteiger partial charge is 0.332 e. The minimum Gasteiger partial charge on any atom is -0.373 e. The van der Waals surface area contributed by atoms with Crippen LogP contribution in [0.15, 0.2) is 9.59 Å². The van der Waals surface area contributed by atoms with Crippen molar-refractivity contribution >= 4 is 5.82 Å². The number of anilines is 1. The number of rotatable bonds is 4. The lowest BCUT2D eigenvalue weighted by Gasteiger charge is -2.35. The molecule has 0 aliphatic carbocycles. The summed E-state index contributed by atoms with van der Waals surface area (Å²) in [5.41, 5.74) is -1.07. The van der Waals surface area contributed by atoms with E-state index in [1.807, 2.05) is 19.9 Å². The van der Waals surface area contributed by atoms with Gasteiger partial charge in [-0.05, 0) is 13.8 Å². The minimum atomic E-state index is -0.577. The molecular weight excluding hydrogens is 298 g/mol. The van der Waals surface area contributed by atoms with Crippen LogP contribution in [0.2, 0.25) is 0 Å². The van der Waals surface area contributed by atoms with E-state index in [1.165, 1.54) is 11.6 Å². The fraction of sp³-hybridized carbons (Fsp3) is 0.667. The van der Waals surface area contributed by atoms with Gasteiger partial charge in [-0.3, -0.25) is 18.8 Å². The Hall–Kier alpha value is -2.11. The van der Waals surface area contributed by atoms with Crippen LogP contribution in [0.4, 0.5) is 5.82 Å². The van der Waals surface area contributed by atoms with Crippen molar-refractivity contribution in [1.29, 1.82) is 5.26 Å². The van der Waals surface area contributed by atoms with Gasteiger partial charge in [-0.25, -0.2) is 4.79 Å². The van der Waals surface area contributed by atoms with E-state index in [0.29, 0.717) is 6.54 Å². The molecule has 0 radical (unpaired) electrons. The van der Waals surface area contributed by atoms with Crippen LogP contribution >= 0.6 is 0 Å². The van der Waals surface area contributed by atoms with Gasteiger partial charge in [0.1, 0.15) is 11.9 Å². The number of hydrogen-bond acceptors (Lipinski definition) is 6. The summed E-state index contributed by atoms with van der Waals surface area (Å²) in [7, 11) is 2.91. The molecule has 8 nitrogen and oxygen atoms in total. The summed E-state index contributed by atoms with van der Waals surface area (Å²) in [5.74, 6) is 0.273. The molecule has 0 amide bonds. The molecule has 1 aliphatic rings. The fourth-order valence-corrected chi connectivity index (χ4v) is 2.95. The molecule has 0 unspecified atom stereocenters. The highest BCUT2D eigenvalue weighted by molar-refractivity contribution is 5.51. The van der Waals surface area contributed by atoms with Crippen molar-refractivity contribution in [2.24, 2.45) is 14.1 Å². The van der Waals surface area contributed by atoms with Gasteiger partial charge in [0, 0.05) is 40.3 Å². The Morgan fingerprint density at radius 1 is 1.22 bits per heavy atom. The maximum atomic E-state index is 12.0. The van der Waals surface area contributed by atoms with Crippen LogP contribution in [-0.2, 0) is 18.8 Å². The Balaban J connectivity index is 2.11. The lowest BCUT2D eigenvalue weighted by Crippen LogP contribution is -2.47. The first-order valence-electron chi connectivity index (χ1n) is 7.67. The van der Waals surface area contributed by atoms with Crippen molar-refractivity contribution in [3.05, 3.63) is 26.4 Å². The highest BCUT2D eigenvalue weighted by atomic mass is 16.5. The summed E-state index contributed by atoms with van der Waals surface area (Å²) in [6, 6.07) is 1.89. The second kappa shape index (κ2) is 6.98. The predicted octanol–water partition coefficient (Wildman–Crippen LogP) is -0.523. The summed E-state index contributed by atoms with van der Waals surface area (Å²) in [4.78, 5) is 26.2. The summed E-state index contributed by atoms with van der Waals surface area (Å²) < 4.78 is 7.92. The van der Waals surface area contributed by atoms with Gasteiger partial charge in [-0.1, -0.05) is 0 Å². The normalized spacial score (nSPS) is 21.9. The van der Waals surface area contributed by atoms with Crippen molar-refractivity contribution < 1.29 is 4.74 Å². The van der Waals surface area contributed by atoms with E-state index in [4.69, 9.17) is 4.74 Å². The first-order valence-corrected chi connectivity index (χ1v) is 7.67. The number of nitrogens with zero attached hydrogens (tertiary/aromatic N) is 4. The van der Waals surface area contributed by atoms with Crippen LogP contribution in [0.1, 0.15) is 19.4 Å². The van der Waals surface area contributed by atoms with E-state index in [0.717, 1.165) is 24.2 Å². The molecule has 2 heterocycles. The number of nitrogens with one attached hydrogen (secondary N) is 1. The van der Waals surface area contributed by atoms with E-state index in [-0.39, 0.29) is 23.6 Å². The Bertz CT molecular complexity index is 720. The first-order chi connectivity index (χ1) is 10.8. The third kappa shape index (κ3) is 3.63. The standard InChI is InChI=1S/C15H23N5O3/c1-10-8-20(9-11(2)23-10)6-5-17-13-12(7-16)14(21)19(4)15(22)18(13)3/h10-11,17H,5-6,8-9H2,1-4H3/t10-,11-/m1/s1.